The highest BCUT2D eigenvalue weighted by Gasteiger charge is 2.33. The third-order valence-electron chi connectivity index (χ3n) is 3.54. The molecule has 1 amide bonds. The molecule has 1 aliphatic heterocycles. The second kappa shape index (κ2) is 5.43. The maximum atomic E-state index is 12.4. The smallest absolute Gasteiger partial charge is 0.326 e. The van der Waals surface area contributed by atoms with E-state index in [9.17, 15) is 14.7 Å². The summed E-state index contributed by atoms with van der Waals surface area (Å²) in [5.74, 6) is -0.608. The molecule has 0 aliphatic carbocycles. The molecule has 0 unspecified atom stereocenters. The van der Waals surface area contributed by atoms with Crippen LogP contribution in [-0.2, 0) is 4.79 Å². The number of amides is 1. The number of rotatable bonds is 3. The molecule has 1 aliphatic rings. The largest absolute Gasteiger partial charge is 0.480 e. The van der Waals surface area contributed by atoms with Gasteiger partial charge in [-0.1, -0.05) is 5.16 Å². The Bertz CT molecular complexity index is 646. The van der Waals surface area contributed by atoms with E-state index in [1.165, 1.54) is 17.2 Å². The highest BCUT2D eigenvalue weighted by Crippen LogP contribution is 2.24. The number of hydrogen-bond acceptors (Lipinski definition) is 5. The van der Waals surface area contributed by atoms with Crippen molar-refractivity contribution in [1.29, 1.82) is 0 Å². The van der Waals surface area contributed by atoms with E-state index in [1.807, 2.05) is 0 Å². The van der Waals surface area contributed by atoms with E-state index in [4.69, 9.17) is 8.94 Å². The van der Waals surface area contributed by atoms with Crippen LogP contribution in [0.2, 0.25) is 0 Å². The van der Waals surface area contributed by atoms with Gasteiger partial charge in [0.1, 0.15) is 6.04 Å². The fraction of sp³-hybridized carbons (Fsp3) is 0.357. The predicted octanol–water partition coefficient (Wildman–Crippen LogP) is 2.01. The zero-order valence-electron chi connectivity index (χ0n) is 11.2. The van der Waals surface area contributed by atoms with Crippen molar-refractivity contribution in [2.24, 2.45) is 0 Å². The second-order valence-corrected chi connectivity index (χ2v) is 4.90. The molecule has 7 nitrogen and oxygen atoms in total. The first kappa shape index (κ1) is 13.4. The fourth-order valence-corrected chi connectivity index (χ4v) is 2.49. The summed E-state index contributed by atoms with van der Waals surface area (Å²) in [4.78, 5) is 25.0. The van der Waals surface area contributed by atoms with Gasteiger partial charge in [-0.15, -0.1) is 0 Å². The molecule has 1 N–H and O–H groups in total. The second-order valence-electron chi connectivity index (χ2n) is 4.90. The van der Waals surface area contributed by atoms with Gasteiger partial charge in [0.25, 0.3) is 5.91 Å². The number of aliphatic carboxylic acids is 1. The van der Waals surface area contributed by atoms with Crippen molar-refractivity contribution in [3.8, 4) is 11.5 Å². The number of carbonyl (C=O) groups excluding carboxylic acids is 1. The Balaban J connectivity index is 1.83. The number of nitrogens with zero attached hydrogens (tertiary/aromatic N) is 2. The molecule has 1 atom stereocenters. The summed E-state index contributed by atoms with van der Waals surface area (Å²) in [6.45, 7) is 0.415. The van der Waals surface area contributed by atoms with Crippen LogP contribution >= 0.6 is 0 Å². The minimum Gasteiger partial charge on any atom is -0.480 e. The van der Waals surface area contributed by atoms with E-state index >= 15 is 0 Å². The first-order valence-electron chi connectivity index (χ1n) is 6.71. The molecule has 3 rings (SSSR count). The Hall–Kier alpha value is -2.57. The quantitative estimate of drug-likeness (QED) is 0.928. The average Bonchev–Trinajstić information content (AvgIpc) is 3.17. The summed E-state index contributed by atoms with van der Waals surface area (Å²) in [5.41, 5.74) is 0.0922. The van der Waals surface area contributed by atoms with E-state index in [1.54, 1.807) is 12.1 Å². The monoisotopic (exact) mass is 290 g/mol. The summed E-state index contributed by atoms with van der Waals surface area (Å²) in [5, 5.41) is 12.9. The van der Waals surface area contributed by atoms with Crippen LogP contribution in [0.1, 0.15) is 29.8 Å². The Kier molecular flexibility index (Phi) is 3.47. The van der Waals surface area contributed by atoms with Gasteiger partial charge in [0.05, 0.1) is 6.26 Å². The molecule has 1 saturated heterocycles. The number of carboxylic acid groups (broad SMARTS) is 1. The summed E-state index contributed by atoms with van der Waals surface area (Å²) in [6.07, 6.45) is 3.55. The summed E-state index contributed by atoms with van der Waals surface area (Å²) in [6, 6.07) is 4.06. The third kappa shape index (κ3) is 2.54. The van der Waals surface area contributed by atoms with Crippen LogP contribution in [0.4, 0.5) is 0 Å². The van der Waals surface area contributed by atoms with Gasteiger partial charge in [0.15, 0.2) is 11.5 Å². The molecule has 0 radical (unpaired) electrons. The van der Waals surface area contributed by atoms with Crippen molar-refractivity contribution in [3.63, 3.8) is 0 Å². The molecule has 3 heterocycles. The normalized spacial score (nSPS) is 18.7. The molecule has 0 bridgehead atoms. The molecule has 2 aromatic heterocycles. The molecule has 0 spiro atoms. The first-order valence-corrected chi connectivity index (χ1v) is 6.71. The first-order chi connectivity index (χ1) is 10.2. The lowest BCUT2D eigenvalue weighted by atomic mass is 10.0. The van der Waals surface area contributed by atoms with Gasteiger partial charge in [-0.2, -0.15) is 0 Å². The standard InChI is InChI=1S/C14H14N2O5/c17-13(16-6-2-1-4-10(16)14(18)19)9-8-12(21-15-9)11-5-3-7-20-11/h3,5,7-8,10H,1-2,4,6H2,(H,18,19)/t10-/m0/s1. The minimum atomic E-state index is -0.988. The molecule has 21 heavy (non-hydrogen) atoms. The predicted molar refractivity (Wildman–Crippen MR) is 70.5 cm³/mol. The number of furan rings is 1. The van der Waals surface area contributed by atoms with Crippen LogP contribution in [0.5, 0.6) is 0 Å². The topological polar surface area (TPSA) is 96.8 Å². The maximum absolute atomic E-state index is 12.4. The van der Waals surface area contributed by atoms with E-state index < -0.39 is 17.9 Å². The van der Waals surface area contributed by atoms with Crippen molar-refractivity contribution < 1.29 is 23.6 Å². The lowest BCUT2D eigenvalue weighted by Crippen LogP contribution is -2.48. The van der Waals surface area contributed by atoms with Crippen LogP contribution in [0.3, 0.4) is 0 Å². The molecular weight excluding hydrogens is 276 g/mol. The van der Waals surface area contributed by atoms with Crippen LogP contribution in [0, 0.1) is 0 Å². The molecule has 0 saturated carbocycles. The molecular formula is C14H14N2O5. The zero-order valence-corrected chi connectivity index (χ0v) is 11.2. The lowest BCUT2D eigenvalue weighted by Gasteiger charge is -2.32. The molecule has 2 aromatic rings. The number of likely N-dealkylation sites (tertiary alicyclic amines) is 1. The van der Waals surface area contributed by atoms with E-state index in [0.29, 0.717) is 24.5 Å². The van der Waals surface area contributed by atoms with E-state index in [0.717, 1.165) is 12.8 Å². The van der Waals surface area contributed by atoms with Gasteiger partial charge >= 0.3 is 5.97 Å². The summed E-state index contributed by atoms with van der Waals surface area (Å²) < 4.78 is 10.2. The fourth-order valence-electron chi connectivity index (χ4n) is 2.49. The summed E-state index contributed by atoms with van der Waals surface area (Å²) in [7, 11) is 0. The lowest BCUT2D eigenvalue weighted by molar-refractivity contribution is -0.143. The molecule has 110 valence electrons. The molecule has 1 fully saturated rings. The van der Waals surface area contributed by atoms with Crippen LogP contribution < -0.4 is 0 Å². The van der Waals surface area contributed by atoms with Crippen molar-refractivity contribution in [2.45, 2.75) is 25.3 Å². The Morgan fingerprint density at radius 2 is 2.19 bits per heavy atom. The van der Waals surface area contributed by atoms with Crippen molar-refractivity contribution in [3.05, 3.63) is 30.2 Å². The van der Waals surface area contributed by atoms with Crippen molar-refractivity contribution in [1.82, 2.24) is 10.1 Å². The SMILES string of the molecule is O=C(O)[C@@H]1CCCCN1C(=O)c1cc(-c2ccco2)on1. The Morgan fingerprint density at radius 3 is 2.90 bits per heavy atom. The third-order valence-corrected chi connectivity index (χ3v) is 3.54. The van der Waals surface area contributed by atoms with E-state index in [2.05, 4.69) is 5.16 Å². The Morgan fingerprint density at radius 1 is 1.33 bits per heavy atom. The van der Waals surface area contributed by atoms with Gasteiger partial charge in [0.2, 0.25) is 5.76 Å². The van der Waals surface area contributed by atoms with Gasteiger partial charge in [-0.05, 0) is 31.4 Å². The molecule has 0 aromatic carbocycles. The van der Waals surface area contributed by atoms with Crippen molar-refractivity contribution in [2.75, 3.05) is 6.54 Å². The number of carboxylic acids is 1. The number of aromatic nitrogens is 1. The minimum absolute atomic E-state index is 0.0922. The highest BCUT2D eigenvalue weighted by atomic mass is 16.5. The Labute approximate surface area is 120 Å². The number of carbonyl (C=O) groups is 2. The van der Waals surface area contributed by atoms with Crippen LogP contribution in [0.25, 0.3) is 11.5 Å². The van der Waals surface area contributed by atoms with Gasteiger partial charge in [-0.25, -0.2) is 4.79 Å². The van der Waals surface area contributed by atoms with Crippen LogP contribution in [-0.4, -0.2) is 39.6 Å². The zero-order chi connectivity index (χ0) is 14.8. The van der Waals surface area contributed by atoms with Crippen LogP contribution in [0.15, 0.2) is 33.4 Å². The number of piperidine rings is 1. The number of hydrogen-bond donors (Lipinski definition) is 1. The van der Waals surface area contributed by atoms with Gasteiger partial charge in [-0.3, -0.25) is 4.79 Å². The van der Waals surface area contributed by atoms with Gasteiger partial charge < -0.3 is 18.9 Å². The van der Waals surface area contributed by atoms with E-state index in [-0.39, 0.29) is 5.69 Å². The summed E-state index contributed by atoms with van der Waals surface area (Å²) >= 11 is 0. The average molecular weight is 290 g/mol. The maximum Gasteiger partial charge on any atom is 0.326 e. The molecule has 7 heteroatoms. The highest BCUT2D eigenvalue weighted by molar-refractivity contribution is 5.95. The van der Waals surface area contributed by atoms with Gasteiger partial charge in [0, 0.05) is 12.6 Å². The van der Waals surface area contributed by atoms with Crippen molar-refractivity contribution >= 4 is 11.9 Å².